The van der Waals surface area contributed by atoms with Crippen LogP contribution in [0.4, 0.5) is 0 Å². The van der Waals surface area contributed by atoms with E-state index in [0.29, 0.717) is 6.54 Å². The summed E-state index contributed by atoms with van der Waals surface area (Å²) in [6.07, 6.45) is 0. The number of nitrogens with zero attached hydrogens (tertiary/aromatic N) is 1. The molecule has 88 valence electrons. The number of benzene rings is 1. The molecular formula is C13H12BrNOS. The molecule has 0 unspecified atom stereocenters. The van der Waals surface area contributed by atoms with Gasteiger partial charge in [-0.3, -0.25) is 4.79 Å². The third-order valence-electron chi connectivity index (χ3n) is 2.45. The minimum absolute atomic E-state index is 0.0640. The van der Waals surface area contributed by atoms with Crippen LogP contribution >= 0.6 is 27.3 Å². The average Bonchev–Trinajstić information content (AvgIpc) is 2.84. The van der Waals surface area contributed by atoms with Crippen molar-refractivity contribution in [2.24, 2.45) is 0 Å². The van der Waals surface area contributed by atoms with Gasteiger partial charge in [-0.1, -0.05) is 28.1 Å². The minimum Gasteiger partial charge on any atom is -0.337 e. The normalized spacial score (nSPS) is 10.2. The van der Waals surface area contributed by atoms with Crippen LogP contribution in [-0.4, -0.2) is 17.9 Å². The van der Waals surface area contributed by atoms with Crippen LogP contribution in [-0.2, 0) is 6.54 Å². The Bertz CT molecular complexity index is 493. The summed E-state index contributed by atoms with van der Waals surface area (Å²) in [5.74, 6) is 0.0640. The van der Waals surface area contributed by atoms with E-state index in [2.05, 4.69) is 15.9 Å². The second-order valence-electron chi connectivity index (χ2n) is 3.80. The highest BCUT2D eigenvalue weighted by molar-refractivity contribution is 9.10. The molecule has 1 aromatic carbocycles. The highest BCUT2D eigenvalue weighted by atomic mass is 79.9. The summed E-state index contributed by atoms with van der Waals surface area (Å²) in [5.41, 5.74) is 1.88. The van der Waals surface area contributed by atoms with Crippen LogP contribution in [0.3, 0.4) is 0 Å². The first kappa shape index (κ1) is 12.3. The molecule has 0 radical (unpaired) electrons. The van der Waals surface area contributed by atoms with Crippen molar-refractivity contribution in [3.05, 3.63) is 56.7 Å². The molecule has 0 aliphatic rings. The molecule has 0 saturated heterocycles. The van der Waals surface area contributed by atoms with Crippen LogP contribution in [0.5, 0.6) is 0 Å². The molecule has 1 amide bonds. The van der Waals surface area contributed by atoms with Crippen molar-refractivity contribution in [3.63, 3.8) is 0 Å². The third-order valence-corrected chi connectivity index (χ3v) is 3.66. The van der Waals surface area contributed by atoms with Crippen molar-refractivity contribution >= 4 is 33.2 Å². The maximum atomic E-state index is 12.0. The van der Waals surface area contributed by atoms with Gasteiger partial charge in [-0.25, -0.2) is 0 Å². The number of halogens is 1. The van der Waals surface area contributed by atoms with Gasteiger partial charge in [0.25, 0.3) is 5.91 Å². The first-order valence-corrected chi connectivity index (χ1v) is 6.92. The lowest BCUT2D eigenvalue weighted by Gasteiger charge is -2.16. The zero-order chi connectivity index (χ0) is 12.3. The number of carbonyl (C=O) groups is 1. The van der Waals surface area contributed by atoms with E-state index in [1.807, 2.05) is 48.1 Å². The van der Waals surface area contributed by atoms with Gasteiger partial charge < -0.3 is 4.90 Å². The van der Waals surface area contributed by atoms with E-state index >= 15 is 0 Å². The smallest absolute Gasteiger partial charge is 0.254 e. The number of hydrogen-bond acceptors (Lipinski definition) is 2. The molecule has 4 heteroatoms. The summed E-state index contributed by atoms with van der Waals surface area (Å²) in [7, 11) is 1.82. The summed E-state index contributed by atoms with van der Waals surface area (Å²) < 4.78 is 1.05. The van der Waals surface area contributed by atoms with Gasteiger partial charge in [0.1, 0.15) is 0 Å². The lowest BCUT2D eigenvalue weighted by molar-refractivity contribution is 0.0785. The average molecular weight is 310 g/mol. The Morgan fingerprint density at radius 1 is 1.29 bits per heavy atom. The monoisotopic (exact) mass is 309 g/mol. The molecule has 2 nitrogen and oxygen atoms in total. The van der Waals surface area contributed by atoms with E-state index in [1.54, 1.807) is 4.90 Å². The fourth-order valence-corrected chi connectivity index (χ4v) is 2.44. The minimum atomic E-state index is 0.0640. The maximum Gasteiger partial charge on any atom is 0.254 e. The molecule has 0 atom stereocenters. The Morgan fingerprint density at radius 2 is 2.00 bits per heavy atom. The zero-order valence-corrected chi connectivity index (χ0v) is 11.8. The highest BCUT2D eigenvalue weighted by Gasteiger charge is 2.11. The van der Waals surface area contributed by atoms with Crippen LogP contribution in [0.15, 0.2) is 45.6 Å². The second-order valence-corrected chi connectivity index (χ2v) is 5.50. The van der Waals surface area contributed by atoms with Crippen molar-refractivity contribution in [1.82, 2.24) is 4.90 Å². The van der Waals surface area contributed by atoms with Crippen molar-refractivity contribution in [3.8, 4) is 0 Å². The van der Waals surface area contributed by atoms with Crippen LogP contribution < -0.4 is 0 Å². The van der Waals surface area contributed by atoms with Gasteiger partial charge in [0, 0.05) is 23.4 Å². The van der Waals surface area contributed by atoms with Crippen molar-refractivity contribution in [1.29, 1.82) is 0 Å². The Hall–Kier alpha value is -1.13. The lowest BCUT2D eigenvalue weighted by atomic mass is 10.2. The number of carbonyl (C=O) groups excluding carboxylic acids is 1. The van der Waals surface area contributed by atoms with Gasteiger partial charge in [0.2, 0.25) is 0 Å². The van der Waals surface area contributed by atoms with E-state index in [9.17, 15) is 4.79 Å². The molecule has 0 aliphatic carbocycles. The number of rotatable bonds is 3. The fraction of sp³-hybridized carbons (Fsp3) is 0.154. The van der Waals surface area contributed by atoms with Gasteiger partial charge in [-0.15, -0.1) is 0 Å². The molecule has 0 spiro atoms. The SMILES string of the molecule is CN(Cc1ccc(Br)cc1)C(=O)c1ccsc1. The largest absolute Gasteiger partial charge is 0.337 e. The van der Waals surface area contributed by atoms with E-state index in [0.717, 1.165) is 15.6 Å². The Labute approximate surface area is 113 Å². The van der Waals surface area contributed by atoms with Gasteiger partial charge in [-0.05, 0) is 29.1 Å². The van der Waals surface area contributed by atoms with Crippen molar-refractivity contribution in [2.45, 2.75) is 6.54 Å². The molecular weight excluding hydrogens is 298 g/mol. The Balaban J connectivity index is 2.04. The summed E-state index contributed by atoms with van der Waals surface area (Å²) in [4.78, 5) is 13.7. The van der Waals surface area contributed by atoms with Gasteiger partial charge in [0.15, 0.2) is 0 Å². The van der Waals surface area contributed by atoms with Crippen LogP contribution in [0, 0.1) is 0 Å². The molecule has 2 rings (SSSR count). The van der Waals surface area contributed by atoms with Crippen molar-refractivity contribution < 1.29 is 4.79 Å². The zero-order valence-electron chi connectivity index (χ0n) is 9.39. The number of thiophene rings is 1. The summed E-state index contributed by atoms with van der Waals surface area (Å²) in [5, 5.41) is 3.79. The van der Waals surface area contributed by atoms with Gasteiger partial charge in [0.05, 0.1) is 5.56 Å². The van der Waals surface area contributed by atoms with E-state index in [-0.39, 0.29) is 5.91 Å². The Morgan fingerprint density at radius 3 is 2.59 bits per heavy atom. The summed E-state index contributed by atoms with van der Waals surface area (Å²) >= 11 is 4.93. The van der Waals surface area contributed by atoms with Crippen molar-refractivity contribution in [2.75, 3.05) is 7.05 Å². The van der Waals surface area contributed by atoms with Crippen LogP contribution in [0.2, 0.25) is 0 Å². The first-order valence-electron chi connectivity index (χ1n) is 5.19. The van der Waals surface area contributed by atoms with E-state index < -0.39 is 0 Å². The molecule has 0 aliphatic heterocycles. The molecule has 1 heterocycles. The van der Waals surface area contributed by atoms with Gasteiger partial charge >= 0.3 is 0 Å². The Kier molecular flexibility index (Phi) is 3.97. The molecule has 1 aromatic heterocycles. The first-order chi connectivity index (χ1) is 8.16. The van der Waals surface area contributed by atoms with Crippen LogP contribution in [0.1, 0.15) is 15.9 Å². The molecule has 0 fully saturated rings. The third kappa shape index (κ3) is 3.17. The molecule has 2 aromatic rings. The summed E-state index contributed by atoms with van der Waals surface area (Å²) in [6, 6.07) is 9.85. The fourth-order valence-electron chi connectivity index (χ4n) is 1.54. The lowest BCUT2D eigenvalue weighted by Crippen LogP contribution is -2.25. The second kappa shape index (κ2) is 5.47. The van der Waals surface area contributed by atoms with E-state index in [4.69, 9.17) is 0 Å². The maximum absolute atomic E-state index is 12.0. The molecule has 0 saturated carbocycles. The van der Waals surface area contributed by atoms with Gasteiger partial charge in [-0.2, -0.15) is 11.3 Å². The predicted molar refractivity (Wildman–Crippen MR) is 74.3 cm³/mol. The molecule has 0 bridgehead atoms. The summed E-state index contributed by atoms with van der Waals surface area (Å²) in [6.45, 7) is 0.627. The topological polar surface area (TPSA) is 20.3 Å². The standard InChI is InChI=1S/C13H12BrNOS/c1-15(13(16)11-6-7-17-9-11)8-10-2-4-12(14)5-3-10/h2-7,9H,8H2,1H3. The predicted octanol–water partition coefficient (Wildman–Crippen LogP) is 3.78. The number of hydrogen-bond donors (Lipinski definition) is 0. The van der Waals surface area contributed by atoms with E-state index in [1.165, 1.54) is 11.3 Å². The van der Waals surface area contributed by atoms with Crippen LogP contribution in [0.25, 0.3) is 0 Å². The molecule has 0 N–H and O–H groups in total. The highest BCUT2D eigenvalue weighted by Crippen LogP contribution is 2.14. The number of amides is 1. The molecule has 17 heavy (non-hydrogen) atoms. The quantitative estimate of drug-likeness (QED) is 0.845.